The highest BCUT2D eigenvalue weighted by Crippen LogP contribution is 2.18. The van der Waals surface area contributed by atoms with Crippen LogP contribution in [0.3, 0.4) is 0 Å². The van der Waals surface area contributed by atoms with Gasteiger partial charge in [-0.25, -0.2) is 9.78 Å². The number of anilines is 1. The zero-order valence-electron chi connectivity index (χ0n) is 21.3. The zero-order chi connectivity index (χ0) is 24.6. The van der Waals surface area contributed by atoms with Crippen molar-refractivity contribution in [2.75, 3.05) is 16.8 Å². The van der Waals surface area contributed by atoms with Gasteiger partial charge in [-0.15, -0.1) is 0 Å². The SMILES string of the molecule is CC(C)=CCC/C(C)=C/CC/C(=C/CSCC(Nc1cccc(C)n1)C(=O)O)CC=C(C)C. The van der Waals surface area contributed by atoms with Crippen molar-refractivity contribution >= 4 is 23.5 Å². The van der Waals surface area contributed by atoms with Gasteiger partial charge in [-0.05, 0) is 85.8 Å². The van der Waals surface area contributed by atoms with Gasteiger partial charge in [0, 0.05) is 17.2 Å². The number of aromatic nitrogens is 1. The molecule has 0 saturated heterocycles. The molecule has 4 nitrogen and oxygen atoms in total. The topological polar surface area (TPSA) is 62.2 Å². The fraction of sp³-hybridized carbons (Fsp3) is 0.500. The molecule has 5 heteroatoms. The first-order chi connectivity index (χ1) is 15.7. The molecule has 1 aromatic heterocycles. The highest BCUT2D eigenvalue weighted by Gasteiger charge is 2.17. The van der Waals surface area contributed by atoms with Crippen LogP contribution >= 0.6 is 11.8 Å². The van der Waals surface area contributed by atoms with Crippen LogP contribution in [0.15, 0.2) is 64.8 Å². The number of nitrogens with zero attached hydrogens (tertiary/aromatic N) is 1. The third-order valence-electron chi connectivity index (χ3n) is 5.10. The Morgan fingerprint density at radius 2 is 1.73 bits per heavy atom. The molecule has 1 rings (SSSR count). The second-order valence-electron chi connectivity index (χ2n) is 8.99. The van der Waals surface area contributed by atoms with E-state index in [2.05, 4.69) is 69.2 Å². The largest absolute Gasteiger partial charge is 0.480 e. The Hall–Kier alpha value is -2.27. The first kappa shape index (κ1) is 28.8. The van der Waals surface area contributed by atoms with E-state index in [1.54, 1.807) is 17.8 Å². The lowest BCUT2D eigenvalue weighted by Gasteiger charge is -2.15. The maximum Gasteiger partial charge on any atom is 0.327 e. The minimum absolute atomic E-state index is 0.487. The van der Waals surface area contributed by atoms with Crippen molar-refractivity contribution in [3.05, 3.63) is 70.5 Å². The van der Waals surface area contributed by atoms with E-state index in [1.165, 1.54) is 22.3 Å². The number of carboxylic acid groups (broad SMARTS) is 1. The average molecular weight is 471 g/mol. The Morgan fingerprint density at radius 1 is 1.03 bits per heavy atom. The predicted octanol–water partition coefficient (Wildman–Crippen LogP) is 7.74. The molecule has 2 N–H and O–H groups in total. The van der Waals surface area contributed by atoms with Crippen LogP contribution < -0.4 is 5.32 Å². The summed E-state index contributed by atoms with van der Waals surface area (Å²) in [5.41, 5.74) is 6.43. The lowest BCUT2D eigenvalue weighted by atomic mass is 10.0. The van der Waals surface area contributed by atoms with Crippen LogP contribution in [0.4, 0.5) is 5.82 Å². The lowest BCUT2D eigenvalue weighted by Crippen LogP contribution is -2.32. The molecule has 0 bridgehead atoms. The minimum atomic E-state index is -0.853. The number of thioether (sulfide) groups is 1. The third kappa shape index (κ3) is 14.5. The number of carbonyl (C=O) groups is 1. The van der Waals surface area contributed by atoms with Crippen molar-refractivity contribution in [3.63, 3.8) is 0 Å². The van der Waals surface area contributed by atoms with Crippen molar-refractivity contribution in [2.24, 2.45) is 0 Å². The van der Waals surface area contributed by atoms with Gasteiger partial charge < -0.3 is 10.4 Å². The summed E-state index contributed by atoms with van der Waals surface area (Å²) in [6.45, 7) is 12.7. The van der Waals surface area contributed by atoms with Crippen molar-refractivity contribution in [1.82, 2.24) is 4.98 Å². The van der Waals surface area contributed by atoms with Crippen LogP contribution in [0.1, 0.15) is 72.4 Å². The molecule has 0 fully saturated rings. The van der Waals surface area contributed by atoms with E-state index in [-0.39, 0.29) is 0 Å². The van der Waals surface area contributed by atoms with E-state index in [0.717, 1.165) is 43.6 Å². The van der Waals surface area contributed by atoms with E-state index < -0.39 is 12.0 Å². The predicted molar refractivity (Wildman–Crippen MR) is 145 cm³/mol. The van der Waals surface area contributed by atoms with E-state index in [9.17, 15) is 9.90 Å². The van der Waals surface area contributed by atoms with Crippen LogP contribution in [-0.2, 0) is 4.79 Å². The number of hydrogen-bond donors (Lipinski definition) is 2. The summed E-state index contributed by atoms with van der Waals surface area (Å²) in [6, 6.07) is 4.92. The summed E-state index contributed by atoms with van der Waals surface area (Å²) >= 11 is 1.64. The quantitative estimate of drug-likeness (QED) is 0.203. The Morgan fingerprint density at radius 3 is 2.36 bits per heavy atom. The van der Waals surface area contributed by atoms with Gasteiger partial charge in [0.15, 0.2) is 0 Å². The summed E-state index contributed by atoms with van der Waals surface area (Å²) in [4.78, 5) is 16.0. The van der Waals surface area contributed by atoms with E-state index in [1.807, 2.05) is 19.1 Å². The molecule has 1 heterocycles. The molecule has 33 heavy (non-hydrogen) atoms. The van der Waals surface area contributed by atoms with E-state index in [4.69, 9.17) is 0 Å². The second-order valence-corrected chi connectivity index (χ2v) is 10.1. The van der Waals surface area contributed by atoms with Crippen LogP contribution in [0.2, 0.25) is 0 Å². The molecular weight excluding hydrogens is 428 g/mol. The molecule has 1 unspecified atom stereocenters. The number of nitrogens with one attached hydrogen (secondary N) is 1. The number of aryl methyl sites for hydroxylation is 1. The van der Waals surface area contributed by atoms with Gasteiger partial charge in [0.2, 0.25) is 0 Å². The monoisotopic (exact) mass is 470 g/mol. The molecule has 0 aliphatic rings. The Kier molecular flexibility index (Phi) is 14.3. The first-order valence-corrected chi connectivity index (χ1v) is 12.9. The number of pyridine rings is 1. The number of carboxylic acids is 1. The molecule has 0 radical (unpaired) electrons. The molecule has 1 aromatic rings. The summed E-state index contributed by atoms with van der Waals surface area (Å²) < 4.78 is 0. The normalized spacial score (nSPS) is 12.8. The number of rotatable bonds is 15. The standard InChI is InChI=1S/C28H42N2O2S/c1-21(2)10-7-11-23(5)12-8-14-25(17-16-22(3)4)18-19-33-20-26(28(31)32)30-27-15-9-13-24(6)29-27/h9-10,12-13,15-16,18,26H,7-8,11,14,17,19-20H2,1-6H3,(H,29,30)(H,31,32)/b23-12+,25-18-. The van der Waals surface area contributed by atoms with Crippen LogP contribution in [-0.4, -0.2) is 33.6 Å². The molecule has 182 valence electrons. The van der Waals surface area contributed by atoms with E-state index >= 15 is 0 Å². The van der Waals surface area contributed by atoms with Crippen molar-refractivity contribution in [2.45, 2.75) is 79.7 Å². The van der Waals surface area contributed by atoms with Crippen LogP contribution in [0.25, 0.3) is 0 Å². The molecule has 0 aliphatic heterocycles. The van der Waals surface area contributed by atoms with Gasteiger partial charge in [0.1, 0.15) is 11.9 Å². The Bertz CT molecular complexity index is 860. The van der Waals surface area contributed by atoms with Crippen LogP contribution in [0.5, 0.6) is 0 Å². The van der Waals surface area contributed by atoms with Gasteiger partial charge in [0.25, 0.3) is 0 Å². The second kappa shape index (κ2) is 16.4. The first-order valence-electron chi connectivity index (χ1n) is 11.8. The van der Waals surface area contributed by atoms with Crippen molar-refractivity contribution in [3.8, 4) is 0 Å². The van der Waals surface area contributed by atoms with Gasteiger partial charge in [0.05, 0.1) is 0 Å². The molecular formula is C28H42N2O2S. The number of aliphatic carboxylic acids is 1. The fourth-order valence-electron chi connectivity index (χ4n) is 3.16. The Labute approximate surface area is 205 Å². The molecule has 0 amide bonds. The summed E-state index contributed by atoms with van der Waals surface area (Å²) in [6.07, 6.45) is 14.5. The molecule has 0 saturated carbocycles. The fourth-order valence-corrected chi connectivity index (χ4v) is 4.11. The summed E-state index contributed by atoms with van der Waals surface area (Å²) in [5.74, 6) is 1.05. The maximum atomic E-state index is 11.7. The smallest absolute Gasteiger partial charge is 0.327 e. The van der Waals surface area contributed by atoms with Gasteiger partial charge in [-0.3, -0.25) is 0 Å². The molecule has 0 aliphatic carbocycles. The number of allylic oxidation sites excluding steroid dienone is 7. The molecule has 1 atom stereocenters. The maximum absolute atomic E-state index is 11.7. The highest BCUT2D eigenvalue weighted by atomic mass is 32.2. The average Bonchev–Trinajstić information content (AvgIpc) is 2.73. The number of hydrogen-bond acceptors (Lipinski definition) is 4. The van der Waals surface area contributed by atoms with Gasteiger partial charge in [-0.1, -0.05) is 52.7 Å². The summed E-state index contributed by atoms with van der Waals surface area (Å²) in [7, 11) is 0. The molecule has 0 aromatic carbocycles. The Balaban J connectivity index is 2.61. The third-order valence-corrected chi connectivity index (χ3v) is 6.08. The summed E-state index contributed by atoms with van der Waals surface area (Å²) in [5, 5.41) is 12.6. The van der Waals surface area contributed by atoms with Gasteiger partial charge in [-0.2, -0.15) is 11.8 Å². The van der Waals surface area contributed by atoms with Crippen LogP contribution in [0, 0.1) is 6.92 Å². The van der Waals surface area contributed by atoms with E-state index in [0.29, 0.717) is 11.6 Å². The molecule has 0 spiro atoms. The van der Waals surface area contributed by atoms with Gasteiger partial charge >= 0.3 is 5.97 Å². The lowest BCUT2D eigenvalue weighted by molar-refractivity contribution is -0.137. The van der Waals surface area contributed by atoms with Crippen molar-refractivity contribution < 1.29 is 9.90 Å². The zero-order valence-corrected chi connectivity index (χ0v) is 22.1. The van der Waals surface area contributed by atoms with Crippen molar-refractivity contribution in [1.29, 1.82) is 0 Å². The highest BCUT2D eigenvalue weighted by molar-refractivity contribution is 7.99. The minimum Gasteiger partial charge on any atom is -0.480 e.